The van der Waals surface area contributed by atoms with Gasteiger partial charge in [-0.1, -0.05) is 0 Å². The Hall–Kier alpha value is -2.24. The smallest absolute Gasteiger partial charge is 0.339 e. The molecule has 1 N–H and O–H groups in total. The van der Waals surface area contributed by atoms with Crippen LogP contribution in [0.5, 0.6) is 0 Å². The minimum atomic E-state index is -1.03. The zero-order valence-electron chi connectivity index (χ0n) is 7.95. The second kappa shape index (κ2) is 3.49. The topological polar surface area (TPSA) is 80.9 Å². The number of hydrogen-bond acceptors (Lipinski definition) is 4. The molecule has 6 heteroatoms. The highest BCUT2D eigenvalue weighted by Gasteiger charge is 2.10. The summed E-state index contributed by atoms with van der Waals surface area (Å²) in [7, 11) is 0. The van der Waals surface area contributed by atoms with Gasteiger partial charge in [-0.15, -0.1) is 0 Å². The lowest BCUT2D eigenvalue weighted by molar-refractivity contribution is 0.0695. The van der Waals surface area contributed by atoms with E-state index < -0.39 is 5.97 Å². The van der Waals surface area contributed by atoms with Gasteiger partial charge in [0.25, 0.3) is 5.95 Å². The van der Waals surface area contributed by atoms with E-state index in [9.17, 15) is 4.79 Å². The molecule has 0 amide bonds. The maximum absolute atomic E-state index is 10.7. The average molecular weight is 204 g/mol. The first-order valence-corrected chi connectivity index (χ1v) is 4.25. The van der Waals surface area contributed by atoms with Gasteiger partial charge >= 0.3 is 5.97 Å². The molecule has 0 bridgehead atoms. The molecule has 0 aliphatic heterocycles. The molecule has 0 saturated heterocycles. The highest BCUT2D eigenvalue weighted by atomic mass is 16.4. The molecule has 0 aliphatic carbocycles. The van der Waals surface area contributed by atoms with Crippen LogP contribution in [0.15, 0.2) is 24.7 Å². The molecule has 0 saturated carbocycles. The van der Waals surface area contributed by atoms with E-state index in [1.165, 1.54) is 10.9 Å². The number of carbonyl (C=O) groups is 1. The average Bonchev–Trinajstić information content (AvgIpc) is 2.69. The maximum atomic E-state index is 10.7. The Morgan fingerprint density at radius 1 is 1.53 bits per heavy atom. The summed E-state index contributed by atoms with van der Waals surface area (Å²) in [4.78, 5) is 18.7. The van der Waals surface area contributed by atoms with Crippen LogP contribution >= 0.6 is 0 Å². The van der Waals surface area contributed by atoms with Crippen molar-refractivity contribution in [3.8, 4) is 5.95 Å². The molecule has 0 atom stereocenters. The fourth-order valence-electron chi connectivity index (χ4n) is 1.16. The van der Waals surface area contributed by atoms with Crippen LogP contribution in [-0.2, 0) is 0 Å². The number of rotatable bonds is 2. The molecule has 0 spiro atoms. The summed E-state index contributed by atoms with van der Waals surface area (Å²) >= 11 is 0. The molecule has 76 valence electrons. The molecule has 0 fully saturated rings. The van der Waals surface area contributed by atoms with E-state index in [0.29, 0.717) is 11.6 Å². The predicted octanol–water partition coefficient (Wildman–Crippen LogP) is 0.669. The Kier molecular flexibility index (Phi) is 2.17. The van der Waals surface area contributed by atoms with Gasteiger partial charge in [0, 0.05) is 18.6 Å². The molecule has 0 aliphatic rings. The van der Waals surface area contributed by atoms with E-state index in [2.05, 4.69) is 15.1 Å². The van der Waals surface area contributed by atoms with Crippen molar-refractivity contribution in [2.75, 3.05) is 0 Å². The van der Waals surface area contributed by atoms with Crippen LogP contribution in [0, 0.1) is 6.92 Å². The number of aromatic carboxylic acids is 1. The van der Waals surface area contributed by atoms with Gasteiger partial charge in [0.2, 0.25) is 0 Å². The number of aryl methyl sites for hydroxylation is 1. The molecule has 0 radical (unpaired) electrons. The monoisotopic (exact) mass is 204 g/mol. The van der Waals surface area contributed by atoms with Crippen molar-refractivity contribution in [1.82, 2.24) is 19.7 Å². The van der Waals surface area contributed by atoms with E-state index in [1.54, 1.807) is 25.4 Å². The van der Waals surface area contributed by atoms with Crippen molar-refractivity contribution in [2.45, 2.75) is 6.92 Å². The molecule has 2 aromatic heterocycles. The Balaban J connectivity index is 2.47. The predicted molar refractivity (Wildman–Crippen MR) is 50.9 cm³/mol. The normalized spacial score (nSPS) is 10.2. The number of carboxylic acid groups (broad SMARTS) is 1. The van der Waals surface area contributed by atoms with Crippen LogP contribution in [0.25, 0.3) is 5.95 Å². The van der Waals surface area contributed by atoms with E-state index in [-0.39, 0.29) is 5.56 Å². The van der Waals surface area contributed by atoms with Crippen molar-refractivity contribution in [3.63, 3.8) is 0 Å². The van der Waals surface area contributed by atoms with Crippen LogP contribution in [0.2, 0.25) is 0 Å². The van der Waals surface area contributed by atoms with Crippen LogP contribution < -0.4 is 0 Å². The SMILES string of the molecule is Cc1nc(-n2cccn2)ncc1C(=O)O. The van der Waals surface area contributed by atoms with Gasteiger partial charge in [-0.2, -0.15) is 5.10 Å². The lowest BCUT2D eigenvalue weighted by Crippen LogP contribution is -2.08. The summed E-state index contributed by atoms with van der Waals surface area (Å²) < 4.78 is 1.47. The number of nitrogens with zero attached hydrogens (tertiary/aromatic N) is 4. The minimum Gasteiger partial charge on any atom is -0.478 e. The number of hydrogen-bond donors (Lipinski definition) is 1. The lowest BCUT2D eigenvalue weighted by Gasteiger charge is -2.02. The van der Waals surface area contributed by atoms with Crippen molar-refractivity contribution < 1.29 is 9.90 Å². The molecule has 0 unspecified atom stereocenters. The molecule has 2 heterocycles. The first-order valence-electron chi connectivity index (χ1n) is 4.25. The summed E-state index contributed by atoms with van der Waals surface area (Å²) in [6.07, 6.45) is 4.57. The Bertz CT molecular complexity index is 493. The van der Waals surface area contributed by atoms with Gasteiger partial charge < -0.3 is 5.11 Å². The van der Waals surface area contributed by atoms with E-state index in [1.807, 2.05) is 0 Å². The molecular formula is C9H8N4O2. The van der Waals surface area contributed by atoms with Gasteiger partial charge in [-0.3, -0.25) is 0 Å². The van der Waals surface area contributed by atoms with Crippen molar-refractivity contribution in [1.29, 1.82) is 0 Å². The lowest BCUT2D eigenvalue weighted by atomic mass is 10.2. The van der Waals surface area contributed by atoms with Gasteiger partial charge in [-0.05, 0) is 13.0 Å². The van der Waals surface area contributed by atoms with Gasteiger partial charge in [0.05, 0.1) is 11.3 Å². The van der Waals surface area contributed by atoms with Gasteiger partial charge in [0.15, 0.2) is 0 Å². The third kappa shape index (κ3) is 1.69. The first kappa shape index (κ1) is 9.32. The summed E-state index contributed by atoms with van der Waals surface area (Å²) in [5.41, 5.74) is 0.522. The molecule has 2 aromatic rings. The zero-order valence-corrected chi connectivity index (χ0v) is 7.95. The van der Waals surface area contributed by atoms with Crippen LogP contribution in [-0.4, -0.2) is 30.8 Å². The Morgan fingerprint density at radius 2 is 2.33 bits per heavy atom. The van der Waals surface area contributed by atoms with Gasteiger partial charge in [0.1, 0.15) is 0 Å². The summed E-state index contributed by atoms with van der Waals surface area (Å²) in [6.45, 7) is 1.62. The van der Waals surface area contributed by atoms with E-state index in [4.69, 9.17) is 5.11 Å². The third-order valence-electron chi connectivity index (χ3n) is 1.91. The standard InChI is InChI=1S/C9H8N4O2/c1-6-7(8(14)15)5-10-9(12-6)13-4-2-3-11-13/h2-5H,1H3,(H,14,15). The Morgan fingerprint density at radius 3 is 2.87 bits per heavy atom. The van der Waals surface area contributed by atoms with Gasteiger partial charge in [-0.25, -0.2) is 19.4 Å². The second-order valence-corrected chi connectivity index (χ2v) is 2.92. The van der Waals surface area contributed by atoms with Crippen LogP contribution in [0.3, 0.4) is 0 Å². The van der Waals surface area contributed by atoms with E-state index >= 15 is 0 Å². The molecular weight excluding hydrogens is 196 g/mol. The third-order valence-corrected chi connectivity index (χ3v) is 1.91. The summed E-state index contributed by atoms with van der Waals surface area (Å²) in [5.74, 6) is -0.665. The second-order valence-electron chi connectivity index (χ2n) is 2.92. The first-order chi connectivity index (χ1) is 7.18. The fraction of sp³-hybridized carbons (Fsp3) is 0.111. The minimum absolute atomic E-state index is 0.103. The van der Waals surface area contributed by atoms with Crippen molar-refractivity contribution in [2.24, 2.45) is 0 Å². The fourth-order valence-corrected chi connectivity index (χ4v) is 1.16. The zero-order chi connectivity index (χ0) is 10.8. The van der Waals surface area contributed by atoms with Crippen molar-refractivity contribution >= 4 is 5.97 Å². The highest BCUT2D eigenvalue weighted by molar-refractivity contribution is 5.88. The molecule has 0 aromatic carbocycles. The Labute approximate surface area is 85.2 Å². The van der Waals surface area contributed by atoms with Crippen LogP contribution in [0.4, 0.5) is 0 Å². The molecule has 6 nitrogen and oxygen atoms in total. The van der Waals surface area contributed by atoms with E-state index in [0.717, 1.165) is 0 Å². The number of carboxylic acids is 1. The summed E-state index contributed by atoms with van der Waals surface area (Å²) in [5, 5.41) is 12.7. The van der Waals surface area contributed by atoms with Crippen molar-refractivity contribution in [3.05, 3.63) is 35.9 Å². The number of aromatic nitrogens is 4. The molecule has 15 heavy (non-hydrogen) atoms. The largest absolute Gasteiger partial charge is 0.478 e. The summed E-state index contributed by atoms with van der Waals surface area (Å²) in [6, 6.07) is 1.74. The maximum Gasteiger partial charge on any atom is 0.339 e. The highest BCUT2D eigenvalue weighted by Crippen LogP contribution is 2.06. The molecule has 2 rings (SSSR count). The quantitative estimate of drug-likeness (QED) is 0.777. The van der Waals surface area contributed by atoms with Crippen LogP contribution in [0.1, 0.15) is 16.1 Å².